The monoisotopic (exact) mass is 347 g/mol. The molecule has 0 unspecified atom stereocenters. The standard InChI is InChI=1S/C19H29N3O3/c20-19(7-3-4-8-19)18(23)21-15-16-5-1-2-6-17(16)25-14-11-22-9-12-24-13-10-22/h1-2,5-6H,3-4,7-15,20H2,(H,21,23). The number of nitrogens with zero attached hydrogens (tertiary/aromatic N) is 1. The van der Waals surface area contributed by atoms with Gasteiger partial charge in [0.15, 0.2) is 0 Å². The van der Waals surface area contributed by atoms with Gasteiger partial charge in [0.1, 0.15) is 12.4 Å². The van der Waals surface area contributed by atoms with Crippen LogP contribution in [-0.4, -0.2) is 55.8 Å². The molecule has 138 valence electrons. The number of hydrogen-bond acceptors (Lipinski definition) is 5. The summed E-state index contributed by atoms with van der Waals surface area (Å²) in [5, 5.41) is 2.99. The maximum Gasteiger partial charge on any atom is 0.240 e. The number of hydrogen-bond donors (Lipinski definition) is 2. The molecule has 1 amide bonds. The molecule has 1 aliphatic heterocycles. The molecule has 0 aromatic heterocycles. The summed E-state index contributed by atoms with van der Waals surface area (Å²) in [7, 11) is 0. The average Bonchev–Trinajstić information content (AvgIpc) is 3.09. The van der Waals surface area contributed by atoms with Crippen molar-refractivity contribution in [3.63, 3.8) is 0 Å². The van der Waals surface area contributed by atoms with Gasteiger partial charge in [-0.1, -0.05) is 31.0 Å². The van der Waals surface area contributed by atoms with Crippen molar-refractivity contribution in [2.75, 3.05) is 39.5 Å². The van der Waals surface area contributed by atoms with Crippen molar-refractivity contribution in [3.05, 3.63) is 29.8 Å². The summed E-state index contributed by atoms with van der Waals surface area (Å²) >= 11 is 0. The zero-order valence-corrected chi connectivity index (χ0v) is 14.8. The van der Waals surface area contributed by atoms with Crippen molar-refractivity contribution in [2.45, 2.75) is 37.8 Å². The van der Waals surface area contributed by atoms with Gasteiger partial charge in [0.25, 0.3) is 0 Å². The molecule has 0 radical (unpaired) electrons. The van der Waals surface area contributed by atoms with Gasteiger partial charge in [0.2, 0.25) is 5.91 Å². The lowest BCUT2D eigenvalue weighted by molar-refractivity contribution is -0.126. The highest BCUT2D eigenvalue weighted by atomic mass is 16.5. The van der Waals surface area contributed by atoms with Crippen LogP contribution in [0.2, 0.25) is 0 Å². The van der Waals surface area contributed by atoms with Crippen molar-refractivity contribution in [3.8, 4) is 5.75 Å². The first-order chi connectivity index (χ1) is 12.2. The summed E-state index contributed by atoms with van der Waals surface area (Å²) in [4.78, 5) is 14.7. The van der Waals surface area contributed by atoms with E-state index in [0.717, 1.165) is 69.8 Å². The molecular formula is C19H29N3O3. The number of ether oxygens (including phenoxy) is 2. The third-order valence-corrected chi connectivity index (χ3v) is 5.13. The van der Waals surface area contributed by atoms with Crippen LogP contribution in [0.1, 0.15) is 31.2 Å². The zero-order chi connectivity index (χ0) is 17.5. The Hall–Kier alpha value is -1.63. The van der Waals surface area contributed by atoms with E-state index in [9.17, 15) is 4.79 Å². The van der Waals surface area contributed by atoms with Gasteiger partial charge in [-0.05, 0) is 18.9 Å². The van der Waals surface area contributed by atoms with E-state index in [-0.39, 0.29) is 5.91 Å². The molecule has 1 saturated heterocycles. The maximum absolute atomic E-state index is 12.4. The predicted molar refractivity (Wildman–Crippen MR) is 96.4 cm³/mol. The van der Waals surface area contributed by atoms with Gasteiger partial charge in [0, 0.05) is 31.7 Å². The summed E-state index contributed by atoms with van der Waals surface area (Å²) < 4.78 is 11.3. The quantitative estimate of drug-likeness (QED) is 0.777. The van der Waals surface area contributed by atoms with Crippen LogP contribution >= 0.6 is 0 Å². The average molecular weight is 347 g/mol. The van der Waals surface area contributed by atoms with E-state index in [2.05, 4.69) is 10.2 Å². The van der Waals surface area contributed by atoms with E-state index in [0.29, 0.717) is 13.2 Å². The molecule has 6 nitrogen and oxygen atoms in total. The van der Waals surface area contributed by atoms with Gasteiger partial charge in [-0.3, -0.25) is 9.69 Å². The van der Waals surface area contributed by atoms with Gasteiger partial charge < -0.3 is 20.5 Å². The van der Waals surface area contributed by atoms with Crippen LogP contribution < -0.4 is 15.8 Å². The van der Waals surface area contributed by atoms with Crippen LogP contribution in [0.3, 0.4) is 0 Å². The van der Waals surface area contributed by atoms with Gasteiger partial charge in [-0.25, -0.2) is 0 Å². The van der Waals surface area contributed by atoms with E-state index in [1.807, 2.05) is 24.3 Å². The molecule has 2 aliphatic rings. The number of morpholine rings is 1. The first-order valence-corrected chi connectivity index (χ1v) is 9.25. The Bertz CT molecular complexity index is 567. The number of carbonyl (C=O) groups excluding carboxylic acids is 1. The second kappa shape index (κ2) is 8.65. The number of para-hydroxylation sites is 1. The Morgan fingerprint density at radius 2 is 1.96 bits per heavy atom. The minimum Gasteiger partial charge on any atom is -0.492 e. The SMILES string of the molecule is NC1(C(=O)NCc2ccccc2OCCN2CCOCC2)CCCC1. The van der Waals surface area contributed by atoms with Crippen LogP contribution in [-0.2, 0) is 16.1 Å². The van der Waals surface area contributed by atoms with Crippen molar-refractivity contribution >= 4 is 5.91 Å². The van der Waals surface area contributed by atoms with E-state index >= 15 is 0 Å². The summed E-state index contributed by atoms with van der Waals surface area (Å²) in [5.74, 6) is 0.779. The Kier molecular flexibility index (Phi) is 6.29. The topological polar surface area (TPSA) is 76.8 Å². The van der Waals surface area contributed by atoms with Crippen molar-refractivity contribution in [1.29, 1.82) is 0 Å². The highest BCUT2D eigenvalue weighted by Gasteiger charge is 2.36. The summed E-state index contributed by atoms with van der Waals surface area (Å²) in [6.45, 7) is 5.47. The summed E-state index contributed by atoms with van der Waals surface area (Å²) in [6, 6.07) is 7.86. The second-order valence-corrected chi connectivity index (χ2v) is 6.96. The summed E-state index contributed by atoms with van der Waals surface area (Å²) in [6.07, 6.45) is 3.61. The van der Waals surface area contributed by atoms with Crippen LogP contribution in [0, 0.1) is 0 Å². The molecule has 2 fully saturated rings. The predicted octanol–water partition coefficient (Wildman–Crippen LogP) is 1.29. The molecule has 0 atom stereocenters. The lowest BCUT2D eigenvalue weighted by Crippen LogP contribution is -2.51. The Morgan fingerprint density at radius 3 is 2.72 bits per heavy atom. The molecule has 25 heavy (non-hydrogen) atoms. The third-order valence-electron chi connectivity index (χ3n) is 5.13. The van der Waals surface area contributed by atoms with E-state index < -0.39 is 5.54 Å². The van der Waals surface area contributed by atoms with Crippen molar-refractivity contribution < 1.29 is 14.3 Å². The molecule has 1 saturated carbocycles. The molecule has 0 bridgehead atoms. The number of carbonyl (C=O) groups is 1. The minimum atomic E-state index is -0.688. The maximum atomic E-state index is 12.4. The molecule has 3 N–H and O–H groups in total. The first kappa shape index (κ1) is 18.2. The number of nitrogens with one attached hydrogen (secondary N) is 1. The Morgan fingerprint density at radius 1 is 1.24 bits per heavy atom. The molecule has 1 aromatic rings. The van der Waals surface area contributed by atoms with Gasteiger partial charge in [-0.15, -0.1) is 0 Å². The zero-order valence-electron chi connectivity index (χ0n) is 14.8. The lowest BCUT2D eigenvalue weighted by Gasteiger charge is -2.26. The largest absolute Gasteiger partial charge is 0.492 e. The van der Waals surface area contributed by atoms with E-state index in [1.54, 1.807) is 0 Å². The molecule has 1 aliphatic carbocycles. The fraction of sp³-hybridized carbons (Fsp3) is 0.632. The molecule has 1 heterocycles. The van der Waals surface area contributed by atoms with Crippen LogP contribution in [0.5, 0.6) is 5.75 Å². The molecule has 6 heteroatoms. The first-order valence-electron chi connectivity index (χ1n) is 9.25. The fourth-order valence-electron chi connectivity index (χ4n) is 3.48. The number of rotatable bonds is 7. The van der Waals surface area contributed by atoms with Crippen molar-refractivity contribution in [1.82, 2.24) is 10.2 Å². The molecular weight excluding hydrogens is 318 g/mol. The van der Waals surface area contributed by atoms with Gasteiger partial charge in [-0.2, -0.15) is 0 Å². The van der Waals surface area contributed by atoms with E-state index in [4.69, 9.17) is 15.2 Å². The third kappa shape index (κ3) is 4.93. The molecule has 3 rings (SSSR count). The number of benzene rings is 1. The molecule has 1 aromatic carbocycles. The Balaban J connectivity index is 1.49. The van der Waals surface area contributed by atoms with Crippen molar-refractivity contribution in [2.24, 2.45) is 5.73 Å². The second-order valence-electron chi connectivity index (χ2n) is 6.96. The highest BCUT2D eigenvalue weighted by molar-refractivity contribution is 5.86. The highest BCUT2D eigenvalue weighted by Crippen LogP contribution is 2.27. The molecule has 0 spiro atoms. The smallest absolute Gasteiger partial charge is 0.240 e. The minimum absolute atomic E-state index is 0.0480. The number of amides is 1. The van der Waals surface area contributed by atoms with Crippen LogP contribution in [0.4, 0.5) is 0 Å². The normalized spacial score (nSPS) is 20.4. The van der Waals surface area contributed by atoms with Gasteiger partial charge >= 0.3 is 0 Å². The van der Waals surface area contributed by atoms with Crippen LogP contribution in [0.15, 0.2) is 24.3 Å². The Labute approximate surface area is 149 Å². The fourth-order valence-corrected chi connectivity index (χ4v) is 3.48. The summed E-state index contributed by atoms with van der Waals surface area (Å²) in [5.41, 5.74) is 6.51. The van der Waals surface area contributed by atoms with E-state index in [1.165, 1.54) is 0 Å². The van der Waals surface area contributed by atoms with Crippen LogP contribution in [0.25, 0.3) is 0 Å². The lowest BCUT2D eigenvalue weighted by atomic mass is 9.98. The van der Waals surface area contributed by atoms with Gasteiger partial charge in [0.05, 0.1) is 18.8 Å². The number of nitrogens with two attached hydrogens (primary N) is 1.